The van der Waals surface area contributed by atoms with Crippen molar-refractivity contribution in [2.45, 2.75) is 32.1 Å². The smallest absolute Gasteiger partial charge is 0.282 e. The fourth-order valence-corrected chi connectivity index (χ4v) is 3.69. The standard InChI is InChI=1S/C19H21F2N7O/c20-19(21)13-4-6-17-23-9-15(28(17)26-13)14-8-18(25-11-24-14)27-7-1-2-12(10-27)3-5-16(22)29/h4,6,8-9,11-12,19H,1-3,5,7,10H2,(H2,22,29). The van der Waals surface area contributed by atoms with Gasteiger partial charge in [-0.05, 0) is 37.3 Å². The van der Waals surface area contributed by atoms with Gasteiger partial charge in [0.2, 0.25) is 5.91 Å². The van der Waals surface area contributed by atoms with Crippen molar-refractivity contribution in [3.05, 3.63) is 36.4 Å². The van der Waals surface area contributed by atoms with Crippen molar-refractivity contribution in [1.82, 2.24) is 24.6 Å². The first-order valence-electron chi connectivity index (χ1n) is 9.50. The highest BCUT2D eigenvalue weighted by Gasteiger charge is 2.22. The highest BCUT2D eigenvalue weighted by Crippen LogP contribution is 2.27. The number of fused-ring (bicyclic) bond motifs is 1. The molecular weight excluding hydrogens is 380 g/mol. The molecule has 152 valence electrons. The normalized spacial score (nSPS) is 17.2. The van der Waals surface area contributed by atoms with Crippen LogP contribution in [0.3, 0.4) is 0 Å². The van der Waals surface area contributed by atoms with E-state index in [9.17, 15) is 13.6 Å². The zero-order chi connectivity index (χ0) is 20.4. The lowest BCUT2D eigenvalue weighted by atomic mass is 9.93. The Bertz CT molecular complexity index is 1020. The molecule has 1 unspecified atom stereocenters. The fraction of sp³-hybridized carbons (Fsp3) is 0.421. The van der Waals surface area contributed by atoms with E-state index in [1.165, 1.54) is 23.0 Å². The molecule has 0 aliphatic carbocycles. The van der Waals surface area contributed by atoms with Gasteiger partial charge in [-0.3, -0.25) is 4.79 Å². The topological polar surface area (TPSA) is 102 Å². The first-order chi connectivity index (χ1) is 14.0. The van der Waals surface area contributed by atoms with Crippen LogP contribution in [0.25, 0.3) is 17.0 Å². The van der Waals surface area contributed by atoms with Gasteiger partial charge in [-0.1, -0.05) is 0 Å². The van der Waals surface area contributed by atoms with Crippen LogP contribution in [0.15, 0.2) is 30.7 Å². The highest BCUT2D eigenvalue weighted by molar-refractivity contribution is 5.73. The molecule has 8 nitrogen and oxygen atoms in total. The lowest BCUT2D eigenvalue weighted by Gasteiger charge is -2.33. The number of anilines is 1. The first kappa shape index (κ1) is 19.2. The number of aromatic nitrogens is 5. The third-order valence-electron chi connectivity index (χ3n) is 5.16. The molecule has 0 radical (unpaired) electrons. The Morgan fingerprint density at radius 1 is 1.28 bits per heavy atom. The number of imidazole rings is 1. The molecule has 4 heterocycles. The van der Waals surface area contributed by atoms with E-state index in [0.717, 1.165) is 38.2 Å². The summed E-state index contributed by atoms with van der Waals surface area (Å²) in [5.41, 5.74) is 6.49. The first-order valence-corrected chi connectivity index (χ1v) is 9.50. The number of alkyl halides is 2. The minimum Gasteiger partial charge on any atom is -0.370 e. The molecule has 1 aliphatic heterocycles. The summed E-state index contributed by atoms with van der Waals surface area (Å²) in [4.78, 5) is 26.1. The Balaban J connectivity index is 1.60. The van der Waals surface area contributed by atoms with Crippen LogP contribution in [0.5, 0.6) is 0 Å². The summed E-state index contributed by atoms with van der Waals surface area (Å²) in [5, 5.41) is 3.99. The summed E-state index contributed by atoms with van der Waals surface area (Å²) >= 11 is 0. The van der Waals surface area contributed by atoms with E-state index in [4.69, 9.17) is 5.73 Å². The number of primary amides is 1. The number of halogens is 2. The third kappa shape index (κ3) is 4.15. The molecular formula is C19H21F2N7O. The number of carbonyl (C=O) groups is 1. The quantitative estimate of drug-likeness (QED) is 0.681. The number of nitrogens with zero attached hydrogens (tertiary/aromatic N) is 6. The second-order valence-corrected chi connectivity index (χ2v) is 7.19. The van der Waals surface area contributed by atoms with Crippen molar-refractivity contribution in [3.63, 3.8) is 0 Å². The van der Waals surface area contributed by atoms with Gasteiger partial charge in [0.15, 0.2) is 5.65 Å². The van der Waals surface area contributed by atoms with Gasteiger partial charge in [-0.2, -0.15) is 5.10 Å². The van der Waals surface area contributed by atoms with Crippen LogP contribution >= 0.6 is 0 Å². The fourth-order valence-electron chi connectivity index (χ4n) is 3.69. The summed E-state index contributed by atoms with van der Waals surface area (Å²) in [6.45, 7) is 1.63. The molecule has 10 heteroatoms. The number of hydrogen-bond acceptors (Lipinski definition) is 6. The van der Waals surface area contributed by atoms with Gasteiger partial charge in [0, 0.05) is 25.6 Å². The molecule has 2 N–H and O–H groups in total. The van der Waals surface area contributed by atoms with Crippen molar-refractivity contribution in [2.75, 3.05) is 18.0 Å². The molecule has 0 saturated carbocycles. The average molecular weight is 401 g/mol. The second-order valence-electron chi connectivity index (χ2n) is 7.19. The van der Waals surface area contributed by atoms with Crippen LogP contribution in [0.2, 0.25) is 0 Å². The zero-order valence-electron chi connectivity index (χ0n) is 15.7. The Labute approximate surface area is 165 Å². The Morgan fingerprint density at radius 3 is 2.93 bits per heavy atom. The van der Waals surface area contributed by atoms with E-state index >= 15 is 0 Å². The molecule has 1 saturated heterocycles. The number of piperidine rings is 1. The summed E-state index contributed by atoms with van der Waals surface area (Å²) in [6, 6.07) is 4.59. The van der Waals surface area contributed by atoms with Crippen molar-refractivity contribution in [3.8, 4) is 11.4 Å². The summed E-state index contributed by atoms with van der Waals surface area (Å²) in [6.07, 6.45) is 3.54. The van der Waals surface area contributed by atoms with Gasteiger partial charge < -0.3 is 10.6 Å². The molecule has 0 spiro atoms. The summed E-state index contributed by atoms with van der Waals surface area (Å²) < 4.78 is 27.4. The lowest BCUT2D eigenvalue weighted by Crippen LogP contribution is -2.36. The minimum absolute atomic E-state index is 0.283. The zero-order valence-corrected chi connectivity index (χ0v) is 15.7. The van der Waals surface area contributed by atoms with Crippen LogP contribution in [0.4, 0.5) is 14.6 Å². The Kier molecular flexibility index (Phi) is 5.32. The predicted octanol–water partition coefficient (Wildman–Crippen LogP) is 2.61. The maximum Gasteiger partial charge on any atom is 0.282 e. The van der Waals surface area contributed by atoms with Crippen LogP contribution in [0.1, 0.15) is 37.8 Å². The molecule has 1 atom stereocenters. The highest BCUT2D eigenvalue weighted by atomic mass is 19.3. The Morgan fingerprint density at radius 2 is 2.14 bits per heavy atom. The lowest BCUT2D eigenvalue weighted by molar-refractivity contribution is -0.118. The molecule has 29 heavy (non-hydrogen) atoms. The SMILES string of the molecule is NC(=O)CCC1CCCN(c2cc(-c3cnc4ccc(C(F)F)nn34)ncn2)C1. The maximum atomic E-state index is 13.0. The molecule has 1 fully saturated rings. The number of hydrogen-bond donors (Lipinski definition) is 1. The van der Waals surface area contributed by atoms with Crippen LogP contribution in [-0.2, 0) is 4.79 Å². The number of rotatable bonds is 6. The Hall–Kier alpha value is -3.17. The predicted molar refractivity (Wildman–Crippen MR) is 102 cm³/mol. The van der Waals surface area contributed by atoms with Crippen molar-refractivity contribution < 1.29 is 13.6 Å². The average Bonchev–Trinajstić information content (AvgIpc) is 3.16. The van der Waals surface area contributed by atoms with E-state index in [0.29, 0.717) is 29.4 Å². The van der Waals surface area contributed by atoms with Gasteiger partial charge in [-0.15, -0.1) is 0 Å². The monoisotopic (exact) mass is 401 g/mol. The van der Waals surface area contributed by atoms with Gasteiger partial charge in [0.1, 0.15) is 23.5 Å². The van der Waals surface area contributed by atoms with Crippen LogP contribution < -0.4 is 10.6 Å². The molecule has 0 bridgehead atoms. The maximum absolute atomic E-state index is 13.0. The molecule has 0 aromatic carbocycles. The van der Waals surface area contributed by atoms with E-state index < -0.39 is 6.43 Å². The minimum atomic E-state index is -2.67. The number of nitrogens with two attached hydrogens (primary N) is 1. The summed E-state index contributed by atoms with van der Waals surface area (Å²) in [5.74, 6) is 0.842. The van der Waals surface area contributed by atoms with Crippen molar-refractivity contribution >= 4 is 17.4 Å². The van der Waals surface area contributed by atoms with E-state index in [1.807, 2.05) is 6.07 Å². The van der Waals surface area contributed by atoms with Crippen molar-refractivity contribution in [2.24, 2.45) is 11.7 Å². The van der Waals surface area contributed by atoms with Gasteiger partial charge >= 0.3 is 0 Å². The third-order valence-corrected chi connectivity index (χ3v) is 5.16. The molecule has 3 aromatic heterocycles. The number of amides is 1. The second kappa shape index (κ2) is 8.06. The van der Waals surface area contributed by atoms with Gasteiger partial charge in [0.05, 0.1) is 11.9 Å². The largest absolute Gasteiger partial charge is 0.370 e. The van der Waals surface area contributed by atoms with Gasteiger partial charge in [-0.25, -0.2) is 28.2 Å². The van der Waals surface area contributed by atoms with Gasteiger partial charge in [0.25, 0.3) is 6.43 Å². The van der Waals surface area contributed by atoms with E-state index in [-0.39, 0.29) is 11.6 Å². The van der Waals surface area contributed by atoms with E-state index in [2.05, 4.69) is 25.0 Å². The summed E-state index contributed by atoms with van der Waals surface area (Å²) in [7, 11) is 0. The molecule has 4 rings (SSSR count). The number of carbonyl (C=O) groups excluding carboxylic acids is 1. The molecule has 1 amide bonds. The van der Waals surface area contributed by atoms with Crippen LogP contribution in [-0.4, -0.2) is 43.6 Å². The van der Waals surface area contributed by atoms with Crippen LogP contribution in [0, 0.1) is 5.92 Å². The van der Waals surface area contributed by atoms with Crippen molar-refractivity contribution in [1.29, 1.82) is 0 Å². The molecule has 1 aliphatic rings. The molecule has 3 aromatic rings. The van der Waals surface area contributed by atoms with E-state index in [1.54, 1.807) is 6.20 Å².